The molecule has 0 aliphatic rings. The van der Waals surface area contributed by atoms with Gasteiger partial charge in [-0.3, -0.25) is 0 Å². The van der Waals surface area contributed by atoms with Crippen LogP contribution in [-0.2, 0) is 0 Å². The summed E-state index contributed by atoms with van der Waals surface area (Å²) in [5.74, 6) is 1.64. The zero-order valence-corrected chi connectivity index (χ0v) is 7.78. The van der Waals surface area contributed by atoms with Crippen LogP contribution in [0.2, 0.25) is 0 Å². The molecule has 0 saturated heterocycles. The van der Waals surface area contributed by atoms with E-state index in [0.717, 1.165) is 16.8 Å². The van der Waals surface area contributed by atoms with Gasteiger partial charge in [0.2, 0.25) is 0 Å². The average Bonchev–Trinajstić information content (AvgIpc) is 2.05. The Morgan fingerprint density at radius 1 is 1.17 bits per heavy atom. The lowest BCUT2D eigenvalue weighted by Crippen LogP contribution is -1.98. The molecule has 2 nitrogen and oxygen atoms in total. The van der Waals surface area contributed by atoms with E-state index >= 15 is 0 Å². The molecule has 0 spiro atoms. The van der Waals surface area contributed by atoms with Gasteiger partial charge in [0.25, 0.3) is 0 Å². The van der Waals surface area contributed by atoms with Crippen LogP contribution >= 0.6 is 9.24 Å². The first-order valence-electron chi connectivity index (χ1n) is 3.25. The molecule has 0 saturated carbocycles. The van der Waals surface area contributed by atoms with Crippen LogP contribution in [0.1, 0.15) is 0 Å². The normalized spacial score (nSPS) is 8.58. The first-order valence-corrected chi connectivity index (χ1v) is 3.83. The van der Waals surface area contributed by atoms with Gasteiger partial charge in [-0.2, -0.15) is 0 Å². The van der Waals surface area contributed by atoms with Crippen molar-refractivity contribution < 1.29 is 9.47 Å². The number of methoxy groups -OCH3 is 2. The van der Waals surface area contributed by atoms with Crippen LogP contribution in [0.15, 0.2) is 18.2 Å². The molecular weight excluding hydrogens is 170 g/mol. The maximum Gasteiger partial charge on any atom is 0.129 e. The monoisotopic (exact) mass is 184 g/mol. The molecule has 1 rings (SSSR count). The first kappa shape index (κ1) is 11.3. The summed E-state index contributed by atoms with van der Waals surface area (Å²) in [5, 5.41) is 1.04. The molecule has 1 atom stereocenters. The third-order valence-corrected chi connectivity index (χ3v) is 1.92. The van der Waals surface area contributed by atoms with Crippen molar-refractivity contribution in [1.29, 1.82) is 0 Å². The summed E-state index contributed by atoms with van der Waals surface area (Å²) in [6.45, 7) is 0. The maximum absolute atomic E-state index is 5.09. The number of rotatable bonds is 2. The molecule has 0 fully saturated rings. The average molecular weight is 184 g/mol. The quantitative estimate of drug-likeness (QED) is 0.476. The second kappa shape index (κ2) is 5.05. The summed E-state index contributed by atoms with van der Waals surface area (Å²) >= 11 is 0. The summed E-state index contributed by atoms with van der Waals surface area (Å²) in [5.41, 5.74) is 0. The highest BCUT2D eigenvalue weighted by molar-refractivity contribution is 7.27. The molecule has 1 aromatic rings. The number of hydrogen-bond acceptors (Lipinski definition) is 2. The SMILES string of the molecule is B.COc1ccc(P)c(OC)c1. The molecule has 4 heteroatoms. The lowest BCUT2D eigenvalue weighted by atomic mass is 10.3. The largest absolute Gasteiger partial charge is 0.497 e. The third kappa shape index (κ3) is 2.42. The minimum absolute atomic E-state index is 0. The lowest BCUT2D eigenvalue weighted by Gasteiger charge is -2.05. The van der Waals surface area contributed by atoms with E-state index in [1.54, 1.807) is 14.2 Å². The minimum atomic E-state index is 0. The summed E-state index contributed by atoms with van der Waals surface area (Å²) in [4.78, 5) is 0. The van der Waals surface area contributed by atoms with E-state index < -0.39 is 0 Å². The topological polar surface area (TPSA) is 18.5 Å². The first-order chi connectivity index (χ1) is 5.27. The van der Waals surface area contributed by atoms with E-state index in [-0.39, 0.29) is 8.41 Å². The van der Waals surface area contributed by atoms with E-state index in [9.17, 15) is 0 Å². The highest BCUT2D eigenvalue weighted by Crippen LogP contribution is 2.18. The standard InChI is InChI=1S/C8H11O2P.BH3/c1-9-6-3-4-8(11)7(5-6)10-2;/h3-5H,11H2,1-2H3;1H3. The molecule has 0 radical (unpaired) electrons. The van der Waals surface area contributed by atoms with Gasteiger partial charge in [-0.05, 0) is 12.1 Å². The van der Waals surface area contributed by atoms with Crippen molar-refractivity contribution in [3.63, 3.8) is 0 Å². The van der Waals surface area contributed by atoms with Crippen LogP contribution in [0.25, 0.3) is 0 Å². The predicted octanol–water partition coefficient (Wildman–Crippen LogP) is 0.0203. The van der Waals surface area contributed by atoms with Gasteiger partial charge >= 0.3 is 0 Å². The fourth-order valence-electron chi connectivity index (χ4n) is 0.818. The van der Waals surface area contributed by atoms with Crippen LogP contribution in [0.3, 0.4) is 0 Å². The van der Waals surface area contributed by atoms with E-state index in [4.69, 9.17) is 9.47 Å². The second-order valence-corrected chi connectivity index (χ2v) is 2.73. The van der Waals surface area contributed by atoms with Crippen LogP contribution in [0, 0.1) is 0 Å². The summed E-state index contributed by atoms with van der Waals surface area (Å²) < 4.78 is 10.1. The summed E-state index contributed by atoms with van der Waals surface area (Å²) in [6.07, 6.45) is 0. The predicted molar refractivity (Wildman–Crippen MR) is 58.8 cm³/mol. The maximum atomic E-state index is 5.09. The van der Waals surface area contributed by atoms with E-state index in [1.165, 1.54) is 0 Å². The van der Waals surface area contributed by atoms with Gasteiger partial charge in [0.15, 0.2) is 0 Å². The van der Waals surface area contributed by atoms with Gasteiger partial charge < -0.3 is 9.47 Å². The highest BCUT2D eigenvalue weighted by Gasteiger charge is 1.98. The van der Waals surface area contributed by atoms with Crippen LogP contribution < -0.4 is 14.8 Å². The Bertz CT molecular complexity index is 253. The Kier molecular flexibility index (Phi) is 4.76. The Hall–Kier alpha value is -0.685. The Labute approximate surface area is 77.0 Å². The molecule has 0 aliphatic carbocycles. The Balaban J connectivity index is 0.00000121. The van der Waals surface area contributed by atoms with Gasteiger partial charge in [-0.15, -0.1) is 9.24 Å². The fourth-order valence-corrected chi connectivity index (χ4v) is 1.12. The zero-order valence-electron chi connectivity index (χ0n) is 6.63. The van der Waals surface area contributed by atoms with Gasteiger partial charge in [0.05, 0.1) is 22.6 Å². The number of ether oxygens (including phenoxy) is 2. The molecule has 0 aliphatic heterocycles. The summed E-state index contributed by atoms with van der Waals surface area (Å²) in [6, 6.07) is 5.68. The molecule has 0 aromatic heterocycles. The Morgan fingerprint density at radius 2 is 1.83 bits per heavy atom. The molecule has 12 heavy (non-hydrogen) atoms. The number of benzene rings is 1. The molecule has 0 heterocycles. The molecule has 66 valence electrons. The van der Waals surface area contributed by atoms with E-state index in [2.05, 4.69) is 9.24 Å². The van der Waals surface area contributed by atoms with E-state index in [0.29, 0.717) is 0 Å². The lowest BCUT2D eigenvalue weighted by molar-refractivity contribution is 0.396. The van der Waals surface area contributed by atoms with Crippen LogP contribution in [-0.4, -0.2) is 22.6 Å². The van der Waals surface area contributed by atoms with Crippen molar-refractivity contribution in [2.75, 3.05) is 14.2 Å². The Morgan fingerprint density at radius 3 is 2.33 bits per heavy atom. The second-order valence-electron chi connectivity index (χ2n) is 2.11. The molecule has 0 bridgehead atoms. The van der Waals surface area contributed by atoms with E-state index in [1.807, 2.05) is 18.2 Å². The third-order valence-electron chi connectivity index (χ3n) is 1.44. The van der Waals surface area contributed by atoms with Gasteiger partial charge in [-0.25, -0.2) is 0 Å². The minimum Gasteiger partial charge on any atom is -0.497 e. The number of hydrogen-bond donors (Lipinski definition) is 0. The highest BCUT2D eigenvalue weighted by atomic mass is 31.0. The van der Waals surface area contributed by atoms with Crippen molar-refractivity contribution in [1.82, 2.24) is 0 Å². The van der Waals surface area contributed by atoms with Gasteiger partial charge in [-0.1, -0.05) is 0 Å². The van der Waals surface area contributed by atoms with Gasteiger partial charge in [0, 0.05) is 11.4 Å². The van der Waals surface area contributed by atoms with Crippen molar-refractivity contribution >= 4 is 23.0 Å². The molecular formula is C8H14BO2P. The van der Waals surface area contributed by atoms with Crippen molar-refractivity contribution in [3.05, 3.63) is 18.2 Å². The summed E-state index contributed by atoms with van der Waals surface area (Å²) in [7, 11) is 5.87. The molecule has 1 aromatic carbocycles. The van der Waals surface area contributed by atoms with Crippen LogP contribution in [0.5, 0.6) is 11.5 Å². The molecule has 0 amide bonds. The fraction of sp³-hybridized carbons (Fsp3) is 0.250. The van der Waals surface area contributed by atoms with Crippen molar-refractivity contribution in [2.24, 2.45) is 0 Å². The van der Waals surface area contributed by atoms with Gasteiger partial charge in [0.1, 0.15) is 11.5 Å². The zero-order chi connectivity index (χ0) is 8.27. The van der Waals surface area contributed by atoms with Crippen molar-refractivity contribution in [2.45, 2.75) is 0 Å². The van der Waals surface area contributed by atoms with Crippen molar-refractivity contribution in [3.8, 4) is 11.5 Å². The molecule has 1 unspecified atom stereocenters. The molecule has 0 N–H and O–H groups in total. The smallest absolute Gasteiger partial charge is 0.129 e. The van der Waals surface area contributed by atoms with Crippen LogP contribution in [0.4, 0.5) is 0 Å².